The summed E-state index contributed by atoms with van der Waals surface area (Å²) in [6.45, 7) is 6.00. The number of halogens is 2. The lowest BCUT2D eigenvalue weighted by Crippen LogP contribution is -2.00. The van der Waals surface area contributed by atoms with Crippen LogP contribution in [0.2, 0.25) is 10.0 Å². The van der Waals surface area contributed by atoms with Crippen LogP contribution in [0.5, 0.6) is 0 Å². The Bertz CT molecular complexity index is 998. The SMILES string of the molecule is Cc1ccc(C(=O)/C=C/c2cc(C)n(-c3cc(Cl)ccc3Cl)c2C)cc1. The van der Waals surface area contributed by atoms with Crippen LogP contribution in [-0.2, 0) is 0 Å². The standard InChI is InChI=1S/C22H19Cl2NO/c1-14-4-6-17(7-5-14)22(26)11-8-18-12-15(2)25(16(18)3)21-13-19(23)9-10-20(21)24/h4-13H,1-3H3/b11-8+. The van der Waals surface area contributed by atoms with Gasteiger partial charge in [0.25, 0.3) is 0 Å². The molecule has 0 unspecified atom stereocenters. The van der Waals surface area contributed by atoms with Crippen molar-refractivity contribution >= 4 is 35.1 Å². The molecule has 0 fully saturated rings. The highest BCUT2D eigenvalue weighted by Gasteiger charge is 2.12. The van der Waals surface area contributed by atoms with Crippen molar-refractivity contribution in [1.82, 2.24) is 4.57 Å². The number of rotatable bonds is 4. The highest BCUT2D eigenvalue weighted by atomic mass is 35.5. The minimum atomic E-state index is -0.0180. The van der Waals surface area contributed by atoms with E-state index in [-0.39, 0.29) is 5.78 Å². The molecule has 3 rings (SSSR count). The Kier molecular flexibility index (Phi) is 5.36. The highest BCUT2D eigenvalue weighted by molar-refractivity contribution is 6.34. The minimum Gasteiger partial charge on any atom is -0.316 e. The second-order valence-corrected chi connectivity index (χ2v) is 7.16. The van der Waals surface area contributed by atoms with Gasteiger partial charge in [-0.05, 0) is 62.8 Å². The molecule has 0 radical (unpaired) electrons. The largest absolute Gasteiger partial charge is 0.316 e. The molecule has 0 aliphatic heterocycles. The zero-order chi connectivity index (χ0) is 18.8. The molecular weight excluding hydrogens is 365 g/mol. The summed E-state index contributed by atoms with van der Waals surface area (Å²) in [5.74, 6) is -0.0180. The van der Waals surface area contributed by atoms with Gasteiger partial charge in [-0.3, -0.25) is 4.79 Å². The number of carbonyl (C=O) groups excluding carboxylic acids is 1. The maximum Gasteiger partial charge on any atom is 0.185 e. The molecule has 1 aromatic heterocycles. The third kappa shape index (κ3) is 3.77. The number of hydrogen-bond donors (Lipinski definition) is 0. The normalized spacial score (nSPS) is 11.3. The molecule has 0 spiro atoms. The van der Waals surface area contributed by atoms with Crippen molar-refractivity contribution in [3.8, 4) is 5.69 Å². The number of aromatic nitrogens is 1. The summed E-state index contributed by atoms with van der Waals surface area (Å²) in [7, 11) is 0. The molecule has 26 heavy (non-hydrogen) atoms. The average molecular weight is 384 g/mol. The summed E-state index contributed by atoms with van der Waals surface area (Å²) in [6.07, 6.45) is 3.45. The van der Waals surface area contributed by atoms with Gasteiger partial charge in [0.15, 0.2) is 5.78 Å². The van der Waals surface area contributed by atoms with Crippen LogP contribution in [0.15, 0.2) is 54.6 Å². The molecule has 0 N–H and O–H groups in total. The van der Waals surface area contributed by atoms with Crippen LogP contribution in [0, 0.1) is 20.8 Å². The Morgan fingerprint density at radius 3 is 2.35 bits per heavy atom. The first-order valence-corrected chi connectivity index (χ1v) is 9.06. The lowest BCUT2D eigenvalue weighted by molar-refractivity contribution is 0.104. The molecule has 2 aromatic carbocycles. The van der Waals surface area contributed by atoms with E-state index in [4.69, 9.17) is 23.2 Å². The van der Waals surface area contributed by atoms with Crippen LogP contribution < -0.4 is 0 Å². The Hall–Kier alpha value is -2.29. The van der Waals surface area contributed by atoms with Crippen molar-refractivity contribution in [2.45, 2.75) is 20.8 Å². The molecule has 3 aromatic rings. The van der Waals surface area contributed by atoms with E-state index < -0.39 is 0 Å². The lowest BCUT2D eigenvalue weighted by Gasteiger charge is -2.12. The van der Waals surface area contributed by atoms with Crippen LogP contribution in [0.3, 0.4) is 0 Å². The molecular formula is C22H19Cl2NO. The number of nitrogens with zero attached hydrogens (tertiary/aromatic N) is 1. The molecule has 1 heterocycles. The van der Waals surface area contributed by atoms with Crippen molar-refractivity contribution in [3.63, 3.8) is 0 Å². The predicted molar refractivity (Wildman–Crippen MR) is 110 cm³/mol. The third-order valence-corrected chi connectivity index (χ3v) is 4.92. The molecule has 132 valence electrons. The summed E-state index contributed by atoms with van der Waals surface area (Å²) < 4.78 is 2.05. The summed E-state index contributed by atoms with van der Waals surface area (Å²) >= 11 is 12.5. The Labute approximate surface area is 163 Å². The van der Waals surface area contributed by atoms with Crippen LogP contribution in [-0.4, -0.2) is 10.4 Å². The summed E-state index contributed by atoms with van der Waals surface area (Å²) in [4.78, 5) is 12.4. The Balaban J connectivity index is 1.94. The van der Waals surface area contributed by atoms with Gasteiger partial charge in [-0.15, -0.1) is 0 Å². The van der Waals surface area contributed by atoms with E-state index in [2.05, 4.69) is 0 Å². The van der Waals surface area contributed by atoms with E-state index in [0.29, 0.717) is 15.6 Å². The first-order chi connectivity index (χ1) is 12.4. The van der Waals surface area contributed by atoms with Crippen molar-refractivity contribution in [2.75, 3.05) is 0 Å². The van der Waals surface area contributed by atoms with E-state index in [1.807, 2.05) is 67.8 Å². The second kappa shape index (κ2) is 7.53. The number of carbonyl (C=O) groups is 1. The zero-order valence-corrected chi connectivity index (χ0v) is 16.4. The van der Waals surface area contributed by atoms with E-state index in [0.717, 1.165) is 28.2 Å². The van der Waals surface area contributed by atoms with Crippen LogP contribution in [0.4, 0.5) is 0 Å². The fourth-order valence-corrected chi connectivity index (χ4v) is 3.33. The van der Waals surface area contributed by atoms with Gasteiger partial charge in [0.1, 0.15) is 0 Å². The average Bonchev–Trinajstić information content (AvgIpc) is 2.89. The molecule has 0 aliphatic rings. The smallest absolute Gasteiger partial charge is 0.185 e. The fraction of sp³-hybridized carbons (Fsp3) is 0.136. The lowest BCUT2D eigenvalue weighted by atomic mass is 10.1. The van der Waals surface area contributed by atoms with Crippen LogP contribution >= 0.6 is 23.2 Å². The molecule has 2 nitrogen and oxygen atoms in total. The van der Waals surface area contributed by atoms with E-state index in [9.17, 15) is 4.79 Å². The zero-order valence-electron chi connectivity index (χ0n) is 14.9. The maximum absolute atomic E-state index is 12.4. The number of ketones is 1. The summed E-state index contributed by atoms with van der Waals surface area (Å²) in [5, 5.41) is 1.26. The fourth-order valence-electron chi connectivity index (χ4n) is 2.96. The van der Waals surface area contributed by atoms with Gasteiger partial charge in [-0.2, -0.15) is 0 Å². The summed E-state index contributed by atoms with van der Waals surface area (Å²) in [6, 6.07) is 15.0. The molecule has 0 aliphatic carbocycles. The highest BCUT2D eigenvalue weighted by Crippen LogP contribution is 2.29. The van der Waals surface area contributed by atoms with Gasteiger partial charge in [0, 0.05) is 22.0 Å². The van der Waals surface area contributed by atoms with Crippen molar-refractivity contribution in [3.05, 3.63) is 92.7 Å². The monoisotopic (exact) mass is 383 g/mol. The predicted octanol–water partition coefficient (Wildman–Crippen LogP) is 6.61. The quantitative estimate of drug-likeness (QED) is 0.367. The second-order valence-electron chi connectivity index (χ2n) is 6.32. The van der Waals surface area contributed by atoms with E-state index in [1.54, 1.807) is 18.2 Å². The van der Waals surface area contributed by atoms with Crippen LogP contribution in [0.25, 0.3) is 11.8 Å². The van der Waals surface area contributed by atoms with E-state index >= 15 is 0 Å². The van der Waals surface area contributed by atoms with Crippen molar-refractivity contribution in [1.29, 1.82) is 0 Å². The number of hydrogen-bond acceptors (Lipinski definition) is 1. The van der Waals surface area contributed by atoms with Crippen molar-refractivity contribution in [2.24, 2.45) is 0 Å². The summed E-state index contributed by atoms with van der Waals surface area (Å²) in [5.41, 5.74) is 5.64. The molecule has 0 bridgehead atoms. The van der Waals surface area contributed by atoms with Gasteiger partial charge in [0.2, 0.25) is 0 Å². The topological polar surface area (TPSA) is 22.0 Å². The van der Waals surface area contributed by atoms with Gasteiger partial charge in [-0.25, -0.2) is 0 Å². The minimum absolute atomic E-state index is 0.0180. The molecule has 0 amide bonds. The number of allylic oxidation sites excluding steroid dienone is 1. The Morgan fingerprint density at radius 2 is 1.65 bits per heavy atom. The number of benzene rings is 2. The van der Waals surface area contributed by atoms with Gasteiger partial charge in [0.05, 0.1) is 10.7 Å². The van der Waals surface area contributed by atoms with Gasteiger partial charge < -0.3 is 4.57 Å². The maximum atomic E-state index is 12.4. The van der Waals surface area contributed by atoms with E-state index in [1.165, 1.54) is 0 Å². The Morgan fingerprint density at radius 1 is 0.962 bits per heavy atom. The first kappa shape index (κ1) is 18.5. The molecule has 0 atom stereocenters. The third-order valence-electron chi connectivity index (χ3n) is 4.37. The molecule has 0 saturated carbocycles. The first-order valence-electron chi connectivity index (χ1n) is 8.30. The molecule has 4 heteroatoms. The van der Waals surface area contributed by atoms with Gasteiger partial charge in [-0.1, -0.05) is 53.0 Å². The van der Waals surface area contributed by atoms with Crippen LogP contribution in [0.1, 0.15) is 32.9 Å². The van der Waals surface area contributed by atoms with Crippen molar-refractivity contribution < 1.29 is 4.79 Å². The van der Waals surface area contributed by atoms with Gasteiger partial charge >= 0.3 is 0 Å². The number of aryl methyl sites for hydroxylation is 2. The molecule has 0 saturated heterocycles.